The first-order valence-corrected chi connectivity index (χ1v) is 10.3. The van der Waals surface area contributed by atoms with Crippen LogP contribution in [0.3, 0.4) is 0 Å². The smallest absolute Gasteiger partial charge is 0.156 e. The third-order valence-electron chi connectivity index (χ3n) is 5.82. The van der Waals surface area contributed by atoms with Crippen molar-refractivity contribution in [3.05, 3.63) is 49.3 Å². The fourth-order valence-electron chi connectivity index (χ4n) is 4.07. The summed E-state index contributed by atoms with van der Waals surface area (Å²) in [6.45, 7) is 3.94. The topological polar surface area (TPSA) is 103 Å². The largest absolute Gasteiger partial charge is 0.359 e. The summed E-state index contributed by atoms with van der Waals surface area (Å²) in [7, 11) is 2.15. The van der Waals surface area contributed by atoms with Crippen LogP contribution < -0.4 is 4.90 Å². The van der Waals surface area contributed by atoms with Crippen molar-refractivity contribution in [3.63, 3.8) is 0 Å². The van der Waals surface area contributed by atoms with Crippen LogP contribution in [0.5, 0.6) is 0 Å². The molecule has 0 spiro atoms. The second kappa shape index (κ2) is 7.13. The quantitative estimate of drug-likeness (QED) is 0.471. The maximum absolute atomic E-state index is 4.94. The molecule has 5 aromatic rings. The van der Waals surface area contributed by atoms with Gasteiger partial charge in [-0.05, 0) is 25.2 Å². The molecule has 1 saturated heterocycles. The van der Waals surface area contributed by atoms with Gasteiger partial charge in [0.2, 0.25) is 0 Å². The van der Waals surface area contributed by atoms with E-state index in [1.807, 2.05) is 30.6 Å². The molecular formula is C22H21N9. The molecule has 6 heterocycles. The molecule has 0 bridgehead atoms. The Labute approximate surface area is 178 Å². The van der Waals surface area contributed by atoms with Crippen molar-refractivity contribution >= 4 is 27.9 Å². The number of H-pyrrole nitrogens is 2. The second-order valence-corrected chi connectivity index (χ2v) is 7.83. The molecule has 9 heteroatoms. The van der Waals surface area contributed by atoms with Gasteiger partial charge in [-0.25, -0.2) is 24.9 Å². The van der Waals surface area contributed by atoms with Crippen LogP contribution >= 0.6 is 0 Å². The molecule has 6 rings (SSSR count). The molecule has 1 fully saturated rings. The van der Waals surface area contributed by atoms with E-state index in [9.17, 15) is 0 Å². The SMILES string of the molecule is CN1CCN(c2nccc3[nH]c(-c4c[nH]c5ccc(-c6cncnc6)nc45)nc23)CC1. The molecular weight excluding hydrogens is 390 g/mol. The number of hydrogen-bond donors (Lipinski definition) is 2. The van der Waals surface area contributed by atoms with E-state index in [1.54, 1.807) is 12.4 Å². The van der Waals surface area contributed by atoms with Gasteiger partial charge in [0.25, 0.3) is 0 Å². The molecule has 0 atom stereocenters. The lowest BCUT2D eigenvalue weighted by molar-refractivity contribution is 0.312. The first-order chi connectivity index (χ1) is 15.3. The Kier molecular flexibility index (Phi) is 4.13. The van der Waals surface area contributed by atoms with Crippen molar-refractivity contribution in [1.82, 2.24) is 39.8 Å². The number of likely N-dealkylation sites (N-methyl/N-ethyl adjacent to an activating group) is 1. The van der Waals surface area contributed by atoms with E-state index in [0.717, 1.165) is 76.7 Å². The van der Waals surface area contributed by atoms with E-state index in [-0.39, 0.29) is 0 Å². The average Bonchev–Trinajstić information content (AvgIpc) is 3.43. The van der Waals surface area contributed by atoms with Crippen molar-refractivity contribution in [2.24, 2.45) is 0 Å². The van der Waals surface area contributed by atoms with Gasteiger partial charge in [-0.1, -0.05) is 0 Å². The summed E-state index contributed by atoms with van der Waals surface area (Å²) >= 11 is 0. The Morgan fingerprint density at radius 3 is 2.58 bits per heavy atom. The van der Waals surface area contributed by atoms with Gasteiger partial charge in [-0.3, -0.25) is 0 Å². The van der Waals surface area contributed by atoms with Gasteiger partial charge in [0.05, 0.1) is 27.8 Å². The number of pyridine rings is 2. The van der Waals surface area contributed by atoms with E-state index >= 15 is 0 Å². The average molecular weight is 411 g/mol. The normalized spacial score (nSPS) is 15.2. The molecule has 0 amide bonds. The number of fused-ring (bicyclic) bond motifs is 2. The van der Waals surface area contributed by atoms with Crippen LogP contribution in [0.2, 0.25) is 0 Å². The van der Waals surface area contributed by atoms with Crippen molar-refractivity contribution in [1.29, 1.82) is 0 Å². The zero-order chi connectivity index (χ0) is 20.8. The van der Waals surface area contributed by atoms with Gasteiger partial charge < -0.3 is 19.8 Å². The van der Waals surface area contributed by atoms with Crippen LogP contribution in [0.1, 0.15) is 0 Å². The highest BCUT2D eigenvalue weighted by Crippen LogP contribution is 2.31. The monoisotopic (exact) mass is 411 g/mol. The van der Waals surface area contributed by atoms with Gasteiger partial charge in [0, 0.05) is 56.5 Å². The molecule has 5 aromatic heterocycles. The van der Waals surface area contributed by atoms with Crippen LogP contribution in [-0.4, -0.2) is 73.0 Å². The molecule has 0 unspecified atom stereocenters. The van der Waals surface area contributed by atoms with Gasteiger partial charge in [0.1, 0.15) is 17.7 Å². The van der Waals surface area contributed by atoms with E-state index in [1.165, 1.54) is 6.33 Å². The fraction of sp³-hybridized carbons (Fsp3) is 0.227. The molecule has 0 radical (unpaired) electrons. The summed E-state index contributed by atoms with van der Waals surface area (Å²) in [6, 6.07) is 5.96. The lowest BCUT2D eigenvalue weighted by atomic mass is 10.2. The Morgan fingerprint density at radius 1 is 0.903 bits per heavy atom. The van der Waals surface area contributed by atoms with E-state index in [2.05, 4.69) is 41.8 Å². The molecule has 0 aromatic carbocycles. The number of imidazole rings is 1. The number of aromatic amines is 2. The minimum Gasteiger partial charge on any atom is -0.359 e. The molecule has 9 nitrogen and oxygen atoms in total. The molecule has 0 aliphatic carbocycles. The highest BCUT2D eigenvalue weighted by Gasteiger charge is 2.20. The Morgan fingerprint density at radius 2 is 1.74 bits per heavy atom. The second-order valence-electron chi connectivity index (χ2n) is 7.83. The number of rotatable bonds is 3. The van der Waals surface area contributed by atoms with Crippen molar-refractivity contribution in [2.45, 2.75) is 0 Å². The maximum Gasteiger partial charge on any atom is 0.156 e. The third kappa shape index (κ3) is 3.10. The first-order valence-electron chi connectivity index (χ1n) is 10.3. The zero-order valence-corrected chi connectivity index (χ0v) is 17.1. The number of nitrogens with one attached hydrogen (secondary N) is 2. The van der Waals surface area contributed by atoms with Crippen LogP contribution in [0.15, 0.2) is 49.3 Å². The summed E-state index contributed by atoms with van der Waals surface area (Å²) < 4.78 is 0. The Bertz CT molecular complexity index is 1360. The summed E-state index contributed by atoms with van der Waals surface area (Å²) in [4.78, 5) is 34.1. The Balaban J connectivity index is 1.44. The maximum atomic E-state index is 4.94. The van der Waals surface area contributed by atoms with Gasteiger partial charge in [-0.15, -0.1) is 0 Å². The van der Waals surface area contributed by atoms with Crippen molar-refractivity contribution in [2.75, 3.05) is 38.1 Å². The number of hydrogen-bond acceptors (Lipinski definition) is 7. The molecule has 2 N–H and O–H groups in total. The molecule has 31 heavy (non-hydrogen) atoms. The minimum atomic E-state index is 0.776. The Hall–Kier alpha value is -3.85. The van der Waals surface area contributed by atoms with Gasteiger partial charge in [0.15, 0.2) is 5.82 Å². The molecule has 0 saturated carbocycles. The predicted molar refractivity (Wildman–Crippen MR) is 120 cm³/mol. The van der Waals surface area contributed by atoms with E-state index in [0.29, 0.717) is 0 Å². The van der Waals surface area contributed by atoms with E-state index < -0.39 is 0 Å². The molecule has 1 aliphatic rings. The van der Waals surface area contributed by atoms with Crippen LogP contribution in [-0.2, 0) is 0 Å². The lowest BCUT2D eigenvalue weighted by Gasteiger charge is -2.33. The summed E-state index contributed by atoms with van der Waals surface area (Å²) in [5, 5.41) is 0. The number of piperazine rings is 1. The zero-order valence-electron chi connectivity index (χ0n) is 17.1. The van der Waals surface area contributed by atoms with Crippen molar-refractivity contribution < 1.29 is 0 Å². The summed E-state index contributed by atoms with van der Waals surface area (Å²) in [5.41, 5.74) is 6.30. The lowest BCUT2D eigenvalue weighted by Crippen LogP contribution is -2.44. The highest BCUT2D eigenvalue weighted by atomic mass is 15.3. The first kappa shape index (κ1) is 18.0. The van der Waals surface area contributed by atoms with Crippen LogP contribution in [0.25, 0.3) is 44.7 Å². The van der Waals surface area contributed by atoms with Gasteiger partial charge >= 0.3 is 0 Å². The minimum absolute atomic E-state index is 0.776. The fourth-order valence-corrected chi connectivity index (χ4v) is 4.07. The third-order valence-corrected chi connectivity index (χ3v) is 5.82. The molecule has 154 valence electrons. The molecule has 1 aliphatic heterocycles. The van der Waals surface area contributed by atoms with Crippen molar-refractivity contribution in [3.8, 4) is 22.6 Å². The van der Waals surface area contributed by atoms with Crippen LogP contribution in [0, 0.1) is 0 Å². The summed E-state index contributed by atoms with van der Waals surface area (Å²) in [5.74, 6) is 1.71. The van der Waals surface area contributed by atoms with E-state index in [4.69, 9.17) is 9.97 Å². The highest BCUT2D eigenvalue weighted by molar-refractivity contribution is 5.95. The predicted octanol–water partition coefficient (Wildman–Crippen LogP) is 2.71. The standard InChI is InChI=1S/C22H21N9/c1-30-6-8-31(9-7-30)22-20-18(4-5-25-22)28-21(29-20)15-12-26-17-3-2-16(27-19(15)17)14-10-23-13-24-11-14/h2-5,10-13,26H,6-9H2,1H3,(H,28,29). The van der Waals surface area contributed by atoms with Crippen LogP contribution in [0.4, 0.5) is 5.82 Å². The number of anilines is 1. The van der Waals surface area contributed by atoms with Gasteiger partial charge in [-0.2, -0.15) is 0 Å². The number of nitrogens with zero attached hydrogens (tertiary/aromatic N) is 7. The number of aromatic nitrogens is 7. The summed E-state index contributed by atoms with van der Waals surface area (Å²) in [6.07, 6.45) is 8.85.